The van der Waals surface area contributed by atoms with Crippen LogP contribution in [-0.4, -0.2) is 37.2 Å². The molecule has 0 bridgehead atoms. The second kappa shape index (κ2) is 41.1. The van der Waals surface area contributed by atoms with Crippen LogP contribution in [0.1, 0.15) is 259 Å². The Bertz CT molecular complexity index is 824. The zero-order valence-electron chi connectivity index (χ0n) is 36.8. The van der Waals surface area contributed by atoms with E-state index in [2.05, 4.69) is 34.6 Å². The number of rotatable bonds is 42. The molecular weight excluding hydrogens is 673 g/mol. The summed E-state index contributed by atoms with van der Waals surface area (Å²) in [6.45, 7) is 11.3. The number of carbonyl (C=O) groups excluding carboxylic acids is 3. The maximum absolute atomic E-state index is 12.7. The average Bonchev–Trinajstić information content (AvgIpc) is 3.14. The minimum atomic E-state index is -0.759. The molecule has 0 saturated heterocycles. The molecule has 0 aromatic heterocycles. The van der Waals surface area contributed by atoms with Gasteiger partial charge in [0.1, 0.15) is 13.2 Å². The van der Waals surface area contributed by atoms with Crippen molar-refractivity contribution in [1.82, 2.24) is 0 Å². The fourth-order valence-corrected chi connectivity index (χ4v) is 7.11. The molecule has 0 radical (unpaired) electrons. The normalized spacial score (nSPS) is 12.1. The van der Waals surface area contributed by atoms with Gasteiger partial charge in [0.05, 0.1) is 0 Å². The molecule has 0 fully saturated rings. The number of carbonyl (C=O) groups is 3. The van der Waals surface area contributed by atoms with E-state index < -0.39 is 6.10 Å². The minimum absolute atomic E-state index is 0.0653. The summed E-state index contributed by atoms with van der Waals surface area (Å²) in [6.07, 6.45) is 39.7. The number of unbranched alkanes of at least 4 members (excludes halogenated alkanes) is 27. The van der Waals surface area contributed by atoms with E-state index in [1.165, 1.54) is 141 Å². The van der Waals surface area contributed by atoms with Crippen molar-refractivity contribution in [3.05, 3.63) is 0 Å². The minimum Gasteiger partial charge on any atom is -0.462 e. The van der Waals surface area contributed by atoms with Crippen LogP contribution in [0.5, 0.6) is 0 Å². The van der Waals surface area contributed by atoms with Gasteiger partial charge in [-0.05, 0) is 31.1 Å². The molecule has 0 aliphatic carbocycles. The maximum Gasteiger partial charge on any atom is 0.306 e. The molecule has 320 valence electrons. The van der Waals surface area contributed by atoms with Gasteiger partial charge >= 0.3 is 17.9 Å². The summed E-state index contributed by atoms with van der Waals surface area (Å²) < 4.78 is 16.6. The Labute approximate surface area is 336 Å². The zero-order chi connectivity index (χ0) is 39.7. The molecule has 0 heterocycles. The van der Waals surface area contributed by atoms with Gasteiger partial charge in [-0.15, -0.1) is 0 Å². The van der Waals surface area contributed by atoms with Crippen molar-refractivity contribution in [2.75, 3.05) is 13.2 Å². The molecule has 6 heteroatoms. The standard InChI is InChI=1S/C48H92O6/c1-6-7-8-26-33-38-46(49)52-41-45(42-53-47(50)39-34-29-24-20-16-13-12-15-19-23-28-32-37-44(4)5)54-48(51)40-35-30-25-21-17-11-9-10-14-18-22-27-31-36-43(2)3/h43-45H,6-42H2,1-5H3/t45-/m0/s1. The summed E-state index contributed by atoms with van der Waals surface area (Å²) in [6, 6.07) is 0. The van der Waals surface area contributed by atoms with Crippen molar-refractivity contribution in [2.24, 2.45) is 11.8 Å². The fraction of sp³-hybridized carbons (Fsp3) is 0.938. The number of hydrogen-bond acceptors (Lipinski definition) is 6. The first-order valence-electron chi connectivity index (χ1n) is 23.7. The van der Waals surface area contributed by atoms with Gasteiger partial charge in [-0.2, -0.15) is 0 Å². The highest BCUT2D eigenvalue weighted by atomic mass is 16.6. The largest absolute Gasteiger partial charge is 0.462 e. The first kappa shape index (κ1) is 52.4. The van der Waals surface area contributed by atoms with Gasteiger partial charge in [-0.25, -0.2) is 0 Å². The van der Waals surface area contributed by atoms with Gasteiger partial charge in [0.2, 0.25) is 0 Å². The van der Waals surface area contributed by atoms with E-state index in [9.17, 15) is 14.4 Å². The second-order valence-corrected chi connectivity index (χ2v) is 17.3. The van der Waals surface area contributed by atoms with Crippen molar-refractivity contribution in [3.63, 3.8) is 0 Å². The van der Waals surface area contributed by atoms with Crippen molar-refractivity contribution < 1.29 is 28.6 Å². The lowest BCUT2D eigenvalue weighted by molar-refractivity contribution is -0.167. The molecule has 0 spiro atoms. The highest BCUT2D eigenvalue weighted by molar-refractivity contribution is 5.71. The second-order valence-electron chi connectivity index (χ2n) is 17.3. The molecule has 0 aliphatic rings. The molecule has 0 rings (SSSR count). The predicted octanol–water partition coefficient (Wildman–Crippen LogP) is 15.0. The molecule has 6 nitrogen and oxygen atoms in total. The maximum atomic E-state index is 12.7. The van der Waals surface area contributed by atoms with Crippen molar-refractivity contribution in [3.8, 4) is 0 Å². The van der Waals surface area contributed by atoms with E-state index >= 15 is 0 Å². The lowest BCUT2D eigenvalue weighted by Crippen LogP contribution is -2.30. The first-order chi connectivity index (χ1) is 26.2. The van der Waals surface area contributed by atoms with E-state index in [0.29, 0.717) is 19.3 Å². The molecular formula is C48H92O6. The highest BCUT2D eigenvalue weighted by Gasteiger charge is 2.19. The summed E-state index contributed by atoms with van der Waals surface area (Å²) in [7, 11) is 0. The summed E-state index contributed by atoms with van der Waals surface area (Å²) in [5, 5.41) is 0. The number of esters is 3. The SMILES string of the molecule is CCCCCCCC(=O)OC[C@@H](COC(=O)CCCCCCCCCCCCCCC(C)C)OC(=O)CCCCCCCCCCCCCCCC(C)C. The van der Waals surface area contributed by atoms with Gasteiger partial charge < -0.3 is 14.2 Å². The van der Waals surface area contributed by atoms with Crippen LogP contribution in [0, 0.1) is 11.8 Å². The van der Waals surface area contributed by atoms with E-state index in [1.54, 1.807) is 0 Å². The van der Waals surface area contributed by atoms with Crippen LogP contribution in [0.4, 0.5) is 0 Å². The Balaban J connectivity index is 4.16. The Morgan fingerprint density at radius 1 is 0.352 bits per heavy atom. The summed E-state index contributed by atoms with van der Waals surface area (Å²) in [5.41, 5.74) is 0. The quantitative estimate of drug-likeness (QED) is 0.0350. The molecule has 0 saturated carbocycles. The Kier molecular flexibility index (Phi) is 39.8. The monoisotopic (exact) mass is 765 g/mol. The van der Waals surface area contributed by atoms with Crippen molar-refractivity contribution in [1.29, 1.82) is 0 Å². The molecule has 0 N–H and O–H groups in total. The Morgan fingerprint density at radius 2 is 0.611 bits per heavy atom. The Hall–Kier alpha value is -1.59. The van der Waals surface area contributed by atoms with E-state index in [1.807, 2.05) is 0 Å². The van der Waals surface area contributed by atoms with Crippen molar-refractivity contribution in [2.45, 2.75) is 265 Å². The number of ether oxygens (including phenoxy) is 3. The topological polar surface area (TPSA) is 78.9 Å². The first-order valence-corrected chi connectivity index (χ1v) is 23.7. The van der Waals surface area contributed by atoms with Crippen LogP contribution in [-0.2, 0) is 28.6 Å². The van der Waals surface area contributed by atoms with E-state index in [4.69, 9.17) is 14.2 Å². The Morgan fingerprint density at radius 3 is 0.907 bits per heavy atom. The molecule has 54 heavy (non-hydrogen) atoms. The van der Waals surface area contributed by atoms with Crippen LogP contribution in [0.3, 0.4) is 0 Å². The third-order valence-electron chi connectivity index (χ3n) is 10.7. The van der Waals surface area contributed by atoms with Crippen LogP contribution in [0.15, 0.2) is 0 Å². The van der Waals surface area contributed by atoms with Crippen molar-refractivity contribution >= 4 is 17.9 Å². The number of hydrogen-bond donors (Lipinski definition) is 0. The molecule has 1 atom stereocenters. The molecule has 0 aromatic carbocycles. The van der Waals surface area contributed by atoms with Gasteiger partial charge in [0.15, 0.2) is 6.10 Å². The predicted molar refractivity (Wildman–Crippen MR) is 229 cm³/mol. The van der Waals surface area contributed by atoms with Crippen LogP contribution in [0.25, 0.3) is 0 Å². The molecule has 0 aromatic rings. The smallest absolute Gasteiger partial charge is 0.306 e. The highest BCUT2D eigenvalue weighted by Crippen LogP contribution is 2.17. The zero-order valence-corrected chi connectivity index (χ0v) is 36.8. The van der Waals surface area contributed by atoms with Crippen LogP contribution >= 0.6 is 0 Å². The summed E-state index contributed by atoms with van der Waals surface area (Å²) in [4.78, 5) is 37.5. The summed E-state index contributed by atoms with van der Waals surface area (Å²) in [5.74, 6) is 0.805. The van der Waals surface area contributed by atoms with Gasteiger partial charge in [-0.3, -0.25) is 14.4 Å². The van der Waals surface area contributed by atoms with Gasteiger partial charge in [0.25, 0.3) is 0 Å². The third kappa shape index (κ3) is 41.6. The third-order valence-corrected chi connectivity index (χ3v) is 10.7. The van der Waals surface area contributed by atoms with Crippen LogP contribution < -0.4 is 0 Å². The summed E-state index contributed by atoms with van der Waals surface area (Å²) >= 11 is 0. The lowest BCUT2D eigenvalue weighted by Gasteiger charge is -2.18. The fourth-order valence-electron chi connectivity index (χ4n) is 7.11. The average molecular weight is 765 g/mol. The van der Waals surface area contributed by atoms with Crippen LogP contribution in [0.2, 0.25) is 0 Å². The van der Waals surface area contributed by atoms with Gasteiger partial charge in [0, 0.05) is 19.3 Å². The van der Waals surface area contributed by atoms with E-state index in [-0.39, 0.29) is 31.1 Å². The lowest BCUT2D eigenvalue weighted by atomic mass is 10.0. The molecule has 0 amide bonds. The van der Waals surface area contributed by atoms with Gasteiger partial charge in [-0.1, -0.05) is 221 Å². The van der Waals surface area contributed by atoms with E-state index in [0.717, 1.165) is 76.0 Å². The molecule has 0 unspecified atom stereocenters. The molecule has 0 aliphatic heterocycles.